The van der Waals surface area contributed by atoms with Crippen LogP contribution in [0.4, 0.5) is 10.1 Å². The van der Waals surface area contributed by atoms with E-state index in [1.807, 2.05) is 17.0 Å². The summed E-state index contributed by atoms with van der Waals surface area (Å²) in [5, 5.41) is 0. The van der Waals surface area contributed by atoms with Gasteiger partial charge in [0.15, 0.2) is 0 Å². The summed E-state index contributed by atoms with van der Waals surface area (Å²) in [6, 6.07) is 10.2. The van der Waals surface area contributed by atoms with E-state index >= 15 is 0 Å². The molecule has 0 bridgehead atoms. The highest BCUT2D eigenvalue weighted by atomic mass is 19.1. The first-order chi connectivity index (χ1) is 13.6. The van der Waals surface area contributed by atoms with E-state index in [0.717, 1.165) is 11.3 Å². The molecule has 2 aliphatic heterocycles. The molecule has 2 amide bonds. The number of likely N-dealkylation sites (tertiary alicyclic amines) is 1. The lowest BCUT2D eigenvalue weighted by Gasteiger charge is -2.37. The molecule has 1 aromatic carbocycles. The monoisotopic (exact) mass is 382 g/mol. The van der Waals surface area contributed by atoms with Crippen molar-refractivity contribution < 1.29 is 14.0 Å². The molecular formula is C21H23FN4O2. The second-order valence-corrected chi connectivity index (χ2v) is 7.33. The first-order valence-electron chi connectivity index (χ1n) is 9.56. The molecule has 2 saturated heterocycles. The van der Waals surface area contributed by atoms with Crippen LogP contribution in [-0.2, 0) is 16.1 Å². The van der Waals surface area contributed by atoms with Gasteiger partial charge in [-0.25, -0.2) is 4.39 Å². The van der Waals surface area contributed by atoms with Crippen LogP contribution in [-0.4, -0.2) is 59.3 Å². The Kier molecular flexibility index (Phi) is 5.23. The third kappa shape index (κ3) is 3.98. The lowest BCUT2D eigenvalue weighted by molar-refractivity contribution is -0.136. The third-order valence-electron chi connectivity index (χ3n) is 5.44. The maximum absolute atomic E-state index is 13.1. The van der Waals surface area contributed by atoms with Crippen molar-refractivity contribution >= 4 is 17.5 Å². The van der Waals surface area contributed by atoms with Crippen LogP contribution in [0.25, 0.3) is 0 Å². The Morgan fingerprint density at radius 3 is 2.54 bits per heavy atom. The summed E-state index contributed by atoms with van der Waals surface area (Å²) in [5.41, 5.74) is 1.93. The number of pyridine rings is 1. The zero-order chi connectivity index (χ0) is 19.5. The first kappa shape index (κ1) is 18.4. The summed E-state index contributed by atoms with van der Waals surface area (Å²) in [6.45, 7) is 3.60. The predicted octanol–water partition coefficient (Wildman–Crippen LogP) is 1.92. The predicted molar refractivity (Wildman–Crippen MR) is 103 cm³/mol. The van der Waals surface area contributed by atoms with Crippen LogP contribution >= 0.6 is 0 Å². The average molecular weight is 382 g/mol. The van der Waals surface area contributed by atoms with Gasteiger partial charge in [0.1, 0.15) is 5.82 Å². The Balaban J connectivity index is 1.31. The number of hydrogen-bond acceptors (Lipinski definition) is 4. The fraction of sp³-hybridized carbons (Fsp3) is 0.381. The van der Waals surface area contributed by atoms with Crippen LogP contribution in [0.2, 0.25) is 0 Å². The molecule has 1 atom stereocenters. The number of nitrogens with zero attached hydrogens (tertiary/aromatic N) is 4. The standard InChI is InChI=1S/C21H23FN4O2/c22-18-3-5-19(6-4-18)24-8-10-25(11-9-24)21(28)17-12-20(27)26(15-17)14-16-2-1-7-23-13-16/h1-7,13,17H,8-12,14-15H2. The average Bonchev–Trinajstić information content (AvgIpc) is 3.09. The summed E-state index contributed by atoms with van der Waals surface area (Å²) in [7, 11) is 0. The summed E-state index contributed by atoms with van der Waals surface area (Å²) in [5.74, 6) is -0.450. The molecule has 0 radical (unpaired) electrons. The van der Waals surface area contributed by atoms with Gasteiger partial charge in [0.25, 0.3) is 0 Å². The lowest BCUT2D eigenvalue weighted by Crippen LogP contribution is -2.50. The molecule has 28 heavy (non-hydrogen) atoms. The Labute approximate surface area is 163 Å². The van der Waals surface area contributed by atoms with Crippen molar-refractivity contribution in [2.24, 2.45) is 5.92 Å². The molecule has 0 N–H and O–H groups in total. The van der Waals surface area contributed by atoms with E-state index in [9.17, 15) is 14.0 Å². The van der Waals surface area contributed by atoms with Crippen LogP contribution in [0.15, 0.2) is 48.8 Å². The number of amides is 2. The van der Waals surface area contributed by atoms with E-state index in [0.29, 0.717) is 39.3 Å². The molecule has 1 aromatic heterocycles. The first-order valence-corrected chi connectivity index (χ1v) is 9.56. The van der Waals surface area contributed by atoms with Crippen LogP contribution < -0.4 is 4.90 Å². The van der Waals surface area contributed by atoms with Crippen molar-refractivity contribution in [3.05, 3.63) is 60.2 Å². The molecule has 146 valence electrons. The Hall–Kier alpha value is -2.96. The van der Waals surface area contributed by atoms with Crippen molar-refractivity contribution in [3.63, 3.8) is 0 Å². The van der Waals surface area contributed by atoms with E-state index in [4.69, 9.17) is 0 Å². The van der Waals surface area contributed by atoms with E-state index in [-0.39, 0.29) is 30.0 Å². The molecule has 6 nitrogen and oxygen atoms in total. The molecule has 0 saturated carbocycles. The SMILES string of the molecule is O=C1CC(C(=O)N2CCN(c3ccc(F)cc3)CC2)CN1Cc1cccnc1. The third-order valence-corrected chi connectivity index (χ3v) is 5.44. The van der Waals surface area contributed by atoms with Crippen molar-refractivity contribution in [2.75, 3.05) is 37.6 Å². The number of aromatic nitrogens is 1. The smallest absolute Gasteiger partial charge is 0.228 e. The van der Waals surface area contributed by atoms with Gasteiger partial charge >= 0.3 is 0 Å². The topological polar surface area (TPSA) is 56.8 Å². The minimum atomic E-state index is -0.276. The highest BCUT2D eigenvalue weighted by Crippen LogP contribution is 2.24. The van der Waals surface area contributed by atoms with Crippen LogP contribution in [0.1, 0.15) is 12.0 Å². The Morgan fingerprint density at radius 2 is 1.86 bits per heavy atom. The minimum absolute atomic E-state index is 0.0205. The number of anilines is 1. The van der Waals surface area contributed by atoms with Crippen molar-refractivity contribution in [1.29, 1.82) is 0 Å². The summed E-state index contributed by atoms with van der Waals surface area (Å²) in [6.07, 6.45) is 3.72. The molecule has 1 unspecified atom stereocenters. The van der Waals surface area contributed by atoms with E-state index < -0.39 is 0 Å². The fourth-order valence-corrected chi connectivity index (χ4v) is 3.90. The highest BCUT2D eigenvalue weighted by Gasteiger charge is 2.37. The lowest BCUT2D eigenvalue weighted by atomic mass is 10.1. The molecule has 2 fully saturated rings. The molecule has 0 aliphatic carbocycles. The largest absolute Gasteiger partial charge is 0.368 e. The number of piperazine rings is 1. The second kappa shape index (κ2) is 7.96. The summed E-state index contributed by atoms with van der Waals surface area (Å²) in [4.78, 5) is 35.1. The van der Waals surface area contributed by atoms with E-state index in [1.54, 1.807) is 29.4 Å². The van der Waals surface area contributed by atoms with Gasteiger partial charge in [-0.15, -0.1) is 0 Å². The molecule has 2 aliphatic rings. The van der Waals surface area contributed by atoms with Gasteiger partial charge < -0.3 is 14.7 Å². The van der Waals surface area contributed by atoms with E-state index in [2.05, 4.69) is 9.88 Å². The maximum Gasteiger partial charge on any atom is 0.228 e. The van der Waals surface area contributed by atoms with Gasteiger partial charge in [-0.05, 0) is 35.9 Å². The number of hydrogen-bond donors (Lipinski definition) is 0. The maximum atomic E-state index is 13.1. The highest BCUT2D eigenvalue weighted by molar-refractivity contribution is 5.89. The minimum Gasteiger partial charge on any atom is -0.368 e. The normalized spacial score (nSPS) is 20.0. The number of carbonyl (C=O) groups excluding carboxylic acids is 2. The van der Waals surface area contributed by atoms with Crippen molar-refractivity contribution in [3.8, 4) is 0 Å². The number of carbonyl (C=O) groups is 2. The molecule has 0 spiro atoms. The van der Waals surface area contributed by atoms with Gasteiger partial charge in [0.2, 0.25) is 11.8 Å². The molecule has 4 rings (SSSR count). The van der Waals surface area contributed by atoms with Gasteiger partial charge in [-0.1, -0.05) is 6.07 Å². The van der Waals surface area contributed by atoms with Crippen molar-refractivity contribution in [1.82, 2.24) is 14.8 Å². The second-order valence-electron chi connectivity index (χ2n) is 7.33. The zero-order valence-electron chi connectivity index (χ0n) is 15.6. The summed E-state index contributed by atoms with van der Waals surface area (Å²) >= 11 is 0. The number of halogens is 1. The molecule has 2 aromatic rings. The zero-order valence-corrected chi connectivity index (χ0v) is 15.6. The Morgan fingerprint density at radius 1 is 1.11 bits per heavy atom. The molecule has 3 heterocycles. The molecule has 7 heteroatoms. The van der Waals surface area contributed by atoms with E-state index in [1.165, 1.54) is 12.1 Å². The van der Waals surface area contributed by atoms with Gasteiger partial charge in [0, 0.05) is 63.8 Å². The quantitative estimate of drug-likeness (QED) is 0.811. The van der Waals surface area contributed by atoms with Crippen LogP contribution in [0.5, 0.6) is 0 Å². The molecular weight excluding hydrogens is 359 g/mol. The number of rotatable bonds is 4. The van der Waals surface area contributed by atoms with Crippen LogP contribution in [0, 0.1) is 11.7 Å². The van der Waals surface area contributed by atoms with Crippen molar-refractivity contribution in [2.45, 2.75) is 13.0 Å². The Bertz CT molecular complexity index is 835. The summed E-state index contributed by atoms with van der Waals surface area (Å²) < 4.78 is 13.1. The van der Waals surface area contributed by atoms with Gasteiger partial charge in [-0.3, -0.25) is 14.6 Å². The van der Waals surface area contributed by atoms with Crippen LogP contribution in [0.3, 0.4) is 0 Å². The number of benzene rings is 1. The fourth-order valence-electron chi connectivity index (χ4n) is 3.90. The van der Waals surface area contributed by atoms with Gasteiger partial charge in [0.05, 0.1) is 5.92 Å². The van der Waals surface area contributed by atoms with Gasteiger partial charge in [-0.2, -0.15) is 0 Å².